The molecular weight excluding hydrogens is 380 g/mol. The van der Waals surface area contributed by atoms with Gasteiger partial charge >= 0.3 is 0 Å². The van der Waals surface area contributed by atoms with E-state index in [1.165, 1.54) is 23.1 Å². The van der Waals surface area contributed by atoms with Gasteiger partial charge in [0.2, 0.25) is 5.91 Å². The third kappa shape index (κ3) is 4.04. The highest BCUT2D eigenvalue weighted by molar-refractivity contribution is 7.99. The SMILES string of the molecule is Cc1sc2nc(CS[C@H](C)C(=O)Nc3ccccc3C#N)[nH]c(=O)c2c1C. The smallest absolute Gasteiger partial charge is 0.259 e. The lowest BCUT2D eigenvalue weighted by molar-refractivity contribution is -0.115. The van der Waals surface area contributed by atoms with E-state index in [0.717, 1.165) is 15.3 Å². The molecule has 8 heteroatoms. The number of para-hydroxylation sites is 1. The number of H-pyrrole nitrogens is 1. The number of nitrogens with zero attached hydrogens (tertiary/aromatic N) is 2. The van der Waals surface area contributed by atoms with Crippen LogP contribution in [0.5, 0.6) is 0 Å². The number of carbonyl (C=O) groups is 1. The summed E-state index contributed by atoms with van der Waals surface area (Å²) in [5.74, 6) is 0.764. The van der Waals surface area contributed by atoms with Gasteiger partial charge in [-0.05, 0) is 38.5 Å². The largest absolute Gasteiger partial charge is 0.324 e. The van der Waals surface area contributed by atoms with Gasteiger partial charge in [-0.2, -0.15) is 5.26 Å². The molecule has 0 spiro atoms. The fourth-order valence-corrected chi connectivity index (χ4v) is 4.37. The van der Waals surface area contributed by atoms with E-state index in [2.05, 4.69) is 21.4 Å². The number of nitrogens with one attached hydrogen (secondary N) is 2. The topological polar surface area (TPSA) is 98.6 Å². The first kappa shape index (κ1) is 19.1. The maximum absolute atomic E-state index is 12.4. The molecule has 1 atom stereocenters. The van der Waals surface area contributed by atoms with Gasteiger partial charge in [-0.3, -0.25) is 9.59 Å². The van der Waals surface area contributed by atoms with Crippen LogP contribution in [0.2, 0.25) is 0 Å². The van der Waals surface area contributed by atoms with Gasteiger partial charge in [-0.15, -0.1) is 23.1 Å². The second kappa shape index (κ2) is 7.94. The van der Waals surface area contributed by atoms with Gasteiger partial charge in [-0.1, -0.05) is 12.1 Å². The van der Waals surface area contributed by atoms with Gasteiger partial charge in [0.25, 0.3) is 5.56 Å². The Kier molecular flexibility index (Phi) is 5.63. The Bertz CT molecular complexity index is 1110. The first-order valence-electron chi connectivity index (χ1n) is 8.31. The molecule has 27 heavy (non-hydrogen) atoms. The number of nitriles is 1. The Hall–Kier alpha value is -2.63. The van der Waals surface area contributed by atoms with E-state index >= 15 is 0 Å². The Morgan fingerprint density at radius 3 is 2.89 bits per heavy atom. The normalized spacial score (nSPS) is 11.9. The molecule has 3 aromatic rings. The highest BCUT2D eigenvalue weighted by Crippen LogP contribution is 2.26. The molecule has 0 radical (unpaired) electrons. The number of carbonyl (C=O) groups excluding carboxylic acids is 1. The number of benzene rings is 1. The maximum Gasteiger partial charge on any atom is 0.259 e. The van der Waals surface area contributed by atoms with Crippen LogP contribution in [-0.2, 0) is 10.5 Å². The summed E-state index contributed by atoms with van der Waals surface area (Å²) >= 11 is 2.88. The molecule has 0 saturated heterocycles. The van der Waals surface area contributed by atoms with Crippen molar-refractivity contribution in [2.75, 3.05) is 5.32 Å². The Morgan fingerprint density at radius 1 is 1.41 bits per heavy atom. The van der Waals surface area contributed by atoms with Crippen molar-refractivity contribution in [2.45, 2.75) is 31.8 Å². The number of rotatable bonds is 5. The average Bonchev–Trinajstić information content (AvgIpc) is 2.94. The minimum Gasteiger partial charge on any atom is -0.324 e. The number of aryl methyl sites for hydroxylation is 2. The van der Waals surface area contributed by atoms with E-state index in [0.29, 0.717) is 28.2 Å². The maximum atomic E-state index is 12.4. The fraction of sp³-hybridized carbons (Fsp3) is 0.263. The van der Waals surface area contributed by atoms with Gasteiger partial charge < -0.3 is 10.3 Å². The van der Waals surface area contributed by atoms with Crippen molar-refractivity contribution in [1.82, 2.24) is 9.97 Å². The minimum absolute atomic E-state index is 0.141. The number of thioether (sulfide) groups is 1. The number of amides is 1. The summed E-state index contributed by atoms with van der Waals surface area (Å²) in [6.07, 6.45) is 0. The number of thiophene rings is 1. The Labute approximate surface area is 164 Å². The monoisotopic (exact) mass is 398 g/mol. The van der Waals surface area contributed by atoms with E-state index in [4.69, 9.17) is 5.26 Å². The third-order valence-corrected chi connectivity index (χ3v) is 6.49. The van der Waals surface area contributed by atoms with Crippen LogP contribution in [0.25, 0.3) is 10.2 Å². The van der Waals surface area contributed by atoms with Crippen molar-refractivity contribution in [3.8, 4) is 6.07 Å². The van der Waals surface area contributed by atoms with Crippen LogP contribution < -0.4 is 10.9 Å². The zero-order valence-corrected chi connectivity index (χ0v) is 16.8. The van der Waals surface area contributed by atoms with Crippen LogP contribution in [0.4, 0.5) is 5.69 Å². The zero-order chi connectivity index (χ0) is 19.6. The predicted molar refractivity (Wildman–Crippen MR) is 110 cm³/mol. The molecule has 0 aliphatic rings. The lowest BCUT2D eigenvalue weighted by Gasteiger charge is -2.12. The lowest BCUT2D eigenvalue weighted by atomic mass is 10.2. The molecule has 2 N–H and O–H groups in total. The molecule has 2 aromatic heterocycles. The van der Waals surface area contributed by atoms with E-state index in [9.17, 15) is 9.59 Å². The molecule has 6 nitrogen and oxygen atoms in total. The number of aromatic nitrogens is 2. The minimum atomic E-state index is -0.371. The van der Waals surface area contributed by atoms with E-state index in [1.807, 2.05) is 13.8 Å². The summed E-state index contributed by atoms with van der Waals surface area (Å²) in [5, 5.41) is 12.2. The van der Waals surface area contributed by atoms with Crippen molar-refractivity contribution >= 4 is 44.9 Å². The quantitative estimate of drug-likeness (QED) is 0.682. The summed E-state index contributed by atoms with van der Waals surface area (Å²) in [7, 11) is 0. The molecule has 0 aliphatic heterocycles. The van der Waals surface area contributed by atoms with E-state index in [-0.39, 0.29) is 16.7 Å². The Balaban J connectivity index is 1.69. The second-order valence-corrected chi connectivity index (χ2v) is 8.61. The number of anilines is 1. The van der Waals surface area contributed by atoms with Crippen LogP contribution in [0.15, 0.2) is 29.1 Å². The average molecular weight is 399 g/mol. The van der Waals surface area contributed by atoms with Crippen LogP contribution >= 0.6 is 23.1 Å². The number of fused-ring (bicyclic) bond motifs is 1. The summed E-state index contributed by atoms with van der Waals surface area (Å²) in [4.78, 5) is 33.9. The second-order valence-electron chi connectivity index (χ2n) is 6.08. The molecule has 1 aromatic carbocycles. The molecule has 2 heterocycles. The van der Waals surface area contributed by atoms with Crippen molar-refractivity contribution < 1.29 is 4.79 Å². The fourth-order valence-electron chi connectivity index (χ4n) is 2.57. The predicted octanol–water partition coefficient (Wildman–Crippen LogP) is 3.73. The van der Waals surface area contributed by atoms with Crippen molar-refractivity contribution in [2.24, 2.45) is 0 Å². The highest BCUT2D eigenvalue weighted by Gasteiger charge is 2.17. The summed E-state index contributed by atoms with van der Waals surface area (Å²) in [6, 6.07) is 8.92. The zero-order valence-electron chi connectivity index (χ0n) is 15.1. The Morgan fingerprint density at radius 2 is 2.15 bits per heavy atom. The molecule has 0 saturated carbocycles. The van der Waals surface area contributed by atoms with E-state index < -0.39 is 0 Å². The third-order valence-electron chi connectivity index (χ3n) is 4.23. The molecule has 0 fully saturated rings. The van der Waals surface area contributed by atoms with Crippen molar-refractivity contribution in [1.29, 1.82) is 5.26 Å². The lowest BCUT2D eigenvalue weighted by Crippen LogP contribution is -2.23. The number of hydrogen-bond acceptors (Lipinski definition) is 6. The number of hydrogen-bond donors (Lipinski definition) is 2. The van der Waals surface area contributed by atoms with Gasteiger partial charge in [0.15, 0.2) is 0 Å². The first-order chi connectivity index (χ1) is 12.9. The molecule has 3 rings (SSSR count). The summed E-state index contributed by atoms with van der Waals surface area (Å²) < 4.78 is 0. The molecule has 0 bridgehead atoms. The number of aromatic amines is 1. The molecule has 0 aliphatic carbocycles. The van der Waals surface area contributed by atoms with Crippen LogP contribution in [0.1, 0.15) is 28.8 Å². The van der Waals surface area contributed by atoms with Gasteiger partial charge in [0.05, 0.1) is 27.6 Å². The van der Waals surface area contributed by atoms with Gasteiger partial charge in [-0.25, -0.2) is 4.98 Å². The van der Waals surface area contributed by atoms with Crippen LogP contribution in [0, 0.1) is 25.2 Å². The molecule has 0 unspecified atom stereocenters. The van der Waals surface area contributed by atoms with Crippen molar-refractivity contribution in [3.63, 3.8) is 0 Å². The summed E-state index contributed by atoms with van der Waals surface area (Å²) in [5.41, 5.74) is 1.74. The van der Waals surface area contributed by atoms with Crippen molar-refractivity contribution in [3.05, 3.63) is 56.4 Å². The summed E-state index contributed by atoms with van der Waals surface area (Å²) in [6.45, 7) is 5.68. The van der Waals surface area contributed by atoms with Crippen LogP contribution in [-0.4, -0.2) is 21.1 Å². The highest BCUT2D eigenvalue weighted by atomic mass is 32.2. The van der Waals surface area contributed by atoms with Gasteiger partial charge in [0, 0.05) is 4.88 Å². The molecule has 1 amide bonds. The van der Waals surface area contributed by atoms with E-state index in [1.54, 1.807) is 31.2 Å². The first-order valence-corrected chi connectivity index (χ1v) is 10.2. The molecular formula is C19H18N4O2S2. The standard InChI is InChI=1S/C19H18N4O2S2/c1-10-11(2)27-19-16(10)18(25)22-15(23-19)9-26-12(3)17(24)21-14-7-5-4-6-13(14)8-20/h4-7,12H,9H2,1-3H3,(H,21,24)(H,22,23,25)/t12-/m1/s1. The molecule has 138 valence electrons. The van der Waals surface area contributed by atoms with Crippen LogP contribution in [0.3, 0.4) is 0 Å². The van der Waals surface area contributed by atoms with Gasteiger partial charge in [0.1, 0.15) is 16.7 Å².